The van der Waals surface area contributed by atoms with Gasteiger partial charge in [0.2, 0.25) is 0 Å². The van der Waals surface area contributed by atoms with Gasteiger partial charge in [0.1, 0.15) is 0 Å². The third-order valence-electron chi connectivity index (χ3n) is 5.45. The maximum absolute atomic E-state index is 13.2. The van der Waals surface area contributed by atoms with Gasteiger partial charge in [0, 0.05) is 13.0 Å². The SMILES string of the molecule is Cc1cccc(C2C(C(=O)CCc3ccccc3)=C(O)C(=O)N2CCCN(C)C)c1. The molecule has 1 aliphatic rings. The highest BCUT2D eigenvalue weighted by Crippen LogP contribution is 2.38. The molecule has 1 amide bonds. The molecular formula is C25H30N2O3. The minimum atomic E-state index is -0.539. The number of aliphatic hydroxyl groups excluding tert-OH is 1. The normalized spacial score (nSPS) is 16.6. The average molecular weight is 407 g/mol. The Morgan fingerprint density at radius 2 is 1.83 bits per heavy atom. The first kappa shape index (κ1) is 21.8. The van der Waals surface area contributed by atoms with E-state index in [9.17, 15) is 14.7 Å². The number of benzene rings is 2. The zero-order valence-corrected chi connectivity index (χ0v) is 18.0. The molecule has 0 fully saturated rings. The molecule has 0 radical (unpaired) electrons. The third kappa shape index (κ3) is 4.97. The van der Waals surface area contributed by atoms with E-state index in [2.05, 4.69) is 4.90 Å². The molecule has 5 nitrogen and oxygen atoms in total. The van der Waals surface area contributed by atoms with Gasteiger partial charge in [-0.15, -0.1) is 0 Å². The molecule has 0 aromatic heterocycles. The second-order valence-electron chi connectivity index (χ2n) is 8.14. The first-order chi connectivity index (χ1) is 14.4. The molecule has 3 rings (SSSR count). The van der Waals surface area contributed by atoms with Crippen molar-refractivity contribution < 1.29 is 14.7 Å². The fourth-order valence-corrected chi connectivity index (χ4v) is 3.95. The predicted molar refractivity (Wildman–Crippen MR) is 118 cm³/mol. The number of Topliss-reactive ketones (excluding diaryl/α,β-unsaturated/α-hetero) is 1. The number of hydrogen-bond donors (Lipinski definition) is 1. The van der Waals surface area contributed by atoms with Crippen LogP contribution in [0.2, 0.25) is 0 Å². The molecule has 30 heavy (non-hydrogen) atoms. The summed E-state index contributed by atoms with van der Waals surface area (Å²) in [5.41, 5.74) is 3.20. The molecule has 0 bridgehead atoms. The van der Waals surface area contributed by atoms with Crippen molar-refractivity contribution >= 4 is 11.7 Å². The molecular weight excluding hydrogens is 376 g/mol. The average Bonchev–Trinajstić information content (AvgIpc) is 2.97. The number of nitrogens with zero attached hydrogens (tertiary/aromatic N) is 2. The maximum atomic E-state index is 13.2. The van der Waals surface area contributed by atoms with Crippen LogP contribution in [-0.4, -0.2) is 53.8 Å². The summed E-state index contributed by atoms with van der Waals surface area (Å²) >= 11 is 0. The number of carbonyl (C=O) groups excluding carboxylic acids is 2. The van der Waals surface area contributed by atoms with Crippen LogP contribution >= 0.6 is 0 Å². The summed E-state index contributed by atoms with van der Waals surface area (Å²) in [5.74, 6) is -1.03. The Morgan fingerprint density at radius 3 is 2.50 bits per heavy atom. The Bertz CT molecular complexity index is 934. The van der Waals surface area contributed by atoms with E-state index in [4.69, 9.17) is 0 Å². The first-order valence-corrected chi connectivity index (χ1v) is 10.4. The van der Waals surface area contributed by atoms with Crippen molar-refractivity contribution in [1.82, 2.24) is 9.80 Å². The lowest BCUT2D eigenvalue weighted by molar-refractivity contribution is -0.129. The summed E-state index contributed by atoms with van der Waals surface area (Å²) in [6, 6.07) is 17.1. The number of ketones is 1. The lowest BCUT2D eigenvalue weighted by Gasteiger charge is -2.27. The van der Waals surface area contributed by atoms with Crippen molar-refractivity contribution in [2.75, 3.05) is 27.2 Å². The molecule has 0 saturated heterocycles. The molecule has 0 saturated carbocycles. The molecule has 2 aromatic rings. The highest BCUT2D eigenvalue weighted by atomic mass is 16.3. The minimum absolute atomic E-state index is 0.175. The number of carbonyl (C=O) groups is 2. The Hall–Kier alpha value is -2.92. The molecule has 1 atom stereocenters. The Balaban J connectivity index is 1.87. The number of aryl methyl sites for hydroxylation is 2. The van der Waals surface area contributed by atoms with Gasteiger partial charge in [-0.25, -0.2) is 0 Å². The van der Waals surface area contributed by atoms with Crippen LogP contribution in [0.15, 0.2) is 65.9 Å². The molecule has 1 N–H and O–H groups in total. The Kier molecular flexibility index (Phi) is 7.06. The largest absolute Gasteiger partial charge is 0.503 e. The molecule has 1 aliphatic heterocycles. The van der Waals surface area contributed by atoms with Gasteiger partial charge in [-0.3, -0.25) is 9.59 Å². The Morgan fingerprint density at radius 1 is 1.10 bits per heavy atom. The van der Waals surface area contributed by atoms with Crippen LogP contribution in [-0.2, 0) is 16.0 Å². The lowest BCUT2D eigenvalue weighted by Crippen LogP contribution is -2.33. The molecule has 158 valence electrons. The van der Waals surface area contributed by atoms with Crippen molar-refractivity contribution in [3.8, 4) is 0 Å². The fraction of sp³-hybridized carbons (Fsp3) is 0.360. The molecule has 0 spiro atoms. The minimum Gasteiger partial charge on any atom is -0.503 e. The quantitative estimate of drug-likeness (QED) is 0.687. The fourth-order valence-electron chi connectivity index (χ4n) is 3.95. The standard InChI is InChI=1S/C25H30N2O3/c1-18-9-7-12-20(17-18)23-22(21(28)14-13-19-10-5-4-6-11-19)24(29)25(30)27(23)16-8-15-26(2)3/h4-7,9-12,17,23,29H,8,13-16H2,1-3H3. The summed E-state index contributed by atoms with van der Waals surface area (Å²) in [6.45, 7) is 3.29. The zero-order valence-electron chi connectivity index (χ0n) is 18.0. The van der Waals surface area contributed by atoms with Gasteiger partial charge < -0.3 is 14.9 Å². The van der Waals surface area contributed by atoms with Crippen LogP contribution < -0.4 is 0 Å². The predicted octanol–water partition coefficient (Wildman–Crippen LogP) is 3.84. The van der Waals surface area contributed by atoms with Gasteiger partial charge in [-0.05, 0) is 51.5 Å². The van der Waals surface area contributed by atoms with Crippen LogP contribution in [0.4, 0.5) is 0 Å². The van der Waals surface area contributed by atoms with E-state index in [1.165, 1.54) is 0 Å². The summed E-state index contributed by atoms with van der Waals surface area (Å²) in [5, 5.41) is 10.7. The van der Waals surface area contributed by atoms with Crippen molar-refractivity contribution in [1.29, 1.82) is 0 Å². The number of aliphatic hydroxyl groups is 1. The summed E-state index contributed by atoms with van der Waals surface area (Å²) < 4.78 is 0. The molecule has 1 unspecified atom stereocenters. The van der Waals surface area contributed by atoms with E-state index in [-0.39, 0.29) is 17.8 Å². The van der Waals surface area contributed by atoms with Gasteiger partial charge in [-0.1, -0.05) is 60.2 Å². The van der Waals surface area contributed by atoms with Crippen LogP contribution in [0.1, 0.15) is 35.6 Å². The lowest BCUT2D eigenvalue weighted by atomic mass is 9.92. The summed E-state index contributed by atoms with van der Waals surface area (Å²) in [6.07, 6.45) is 1.59. The smallest absolute Gasteiger partial charge is 0.290 e. The van der Waals surface area contributed by atoms with E-state index in [1.807, 2.05) is 75.6 Å². The van der Waals surface area contributed by atoms with E-state index in [1.54, 1.807) is 4.90 Å². The van der Waals surface area contributed by atoms with Crippen molar-refractivity contribution in [2.24, 2.45) is 0 Å². The Labute approximate surface area is 178 Å². The molecule has 5 heteroatoms. The van der Waals surface area contributed by atoms with Crippen molar-refractivity contribution in [3.63, 3.8) is 0 Å². The van der Waals surface area contributed by atoms with Crippen molar-refractivity contribution in [2.45, 2.75) is 32.2 Å². The second kappa shape index (κ2) is 9.72. The van der Waals surface area contributed by atoms with Gasteiger partial charge in [0.15, 0.2) is 11.5 Å². The second-order valence-corrected chi connectivity index (χ2v) is 8.14. The van der Waals surface area contributed by atoms with Gasteiger partial charge in [0.25, 0.3) is 5.91 Å². The summed E-state index contributed by atoms with van der Waals surface area (Å²) in [4.78, 5) is 29.8. The van der Waals surface area contributed by atoms with Gasteiger partial charge >= 0.3 is 0 Å². The molecule has 2 aromatic carbocycles. The summed E-state index contributed by atoms with van der Waals surface area (Å²) in [7, 11) is 3.97. The maximum Gasteiger partial charge on any atom is 0.290 e. The topological polar surface area (TPSA) is 60.9 Å². The highest BCUT2D eigenvalue weighted by molar-refractivity contribution is 6.09. The number of amides is 1. The zero-order chi connectivity index (χ0) is 21.7. The van der Waals surface area contributed by atoms with Crippen LogP contribution in [0.25, 0.3) is 0 Å². The van der Waals surface area contributed by atoms with E-state index >= 15 is 0 Å². The van der Waals surface area contributed by atoms with E-state index < -0.39 is 17.7 Å². The van der Waals surface area contributed by atoms with Crippen LogP contribution in [0.3, 0.4) is 0 Å². The molecule has 0 aliphatic carbocycles. The van der Waals surface area contributed by atoms with Crippen LogP contribution in [0.5, 0.6) is 0 Å². The number of hydrogen-bond acceptors (Lipinski definition) is 4. The van der Waals surface area contributed by atoms with Gasteiger partial charge in [0.05, 0.1) is 11.6 Å². The van der Waals surface area contributed by atoms with Crippen LogP contribution in [0, 0.1) is 6.92 Å². The highest BCUT2D eigenvalue weighted by Gasteiger charge is 2.42. The van der Waals surface area contributed by atoms with Crippen molar-refractivity contribution in [3.05, 3.63) is 82.6 Å². The monoisotopic (exact) mass is 406 g/mol. The van der Waals surface area contributed by atoms with E-state index in [0.717, 1.165) is 29.7 Å². The number of rotatable bonds is 9. The van der Waals surface area contributed by atoms with Gasteiger partial charge in [-0.2, -0.15) is 0 Å². The third-order valence-corrected chi connectivity index (χ3v) is 5.45. The van der Waals surface area contributed by atoms with E-state index in [0.29, 0.717) is 13.0 Å². The first-order valence-electron chi connectivity index (χ1n) is 10.4. The molecule has 1 heterocycles.